The maximum absolute atomic E-state index is 8.94. The van der Waals surface area contributed by atoms with Crippen LogP contribution in [0.3, 0.4) is 0 Å². The molecule has 2 heterocycles. The van der Waals surface area contributed by atoms with E-state index in [0.717, 1.165) is 31.2 Å². The van der Waals surface area contributed by atoms with Crippen LogP contribution in [-0.4, -0.2) is 80.0 Å². The van der Waals surface area contributed by atoms with Gasteiger partial charge < -0.3 is 24.8 Å². The molecular weight excluding hydrogens is 356 g/mol. The van der Waals surface area contributed by atoms with Gasteiger partial charge in [-0.15, -0.1) is 0 Å². The van der Waals surface area contributed by atoms with Gasteiger partial charge in [0.1, 0.15) is 6.61 Å². The highest BCUT2D eigenvalue weighted by molar-refractivity contribution is 5.80. The molecule has 0 aliphatic carbocycles. The van der Waals surface area contributed by atoms with E-state index in [1.165, 1.54) is 32.4 Å². The second kappa shape index (κ2) is 10.5. The number of nitrogens with zero attached hydrogens (tertiary/aromatic N) is 3. The van der Waals surface area contributed by atoms with E-state index in [1.807, 2.05) is 18.2 Å². The molecule has 1 aromatic rings. The van der Waals surface area contributed by atoms with E-state index in [-0.39, 0.29) is 13.2 Å². The summed E-state index contributed by atoms with van der Waals surface area (Å²) in [6, 6.07) is 6.50. The molecule has 0 bridgehead atoms. The van der Waals surface area contributed by atoms with E-state index in [0.29, 0.717) is 24.1 Å². The molecule has 0 saturated carbocycles. The van der Waals surface area contributed by atoms with Crippen LogP contribution in [0.2, 0.25) is 0 Å². The summed E-state index contributed by atoms with van der Waals surface area (Å²) >= 11 is 0. The van der Waals surface area contributed by atoms with Crippen molar-refractivity contribution in [3.8, 4) is 11.5 Å². The molecular formula is C21H34N4O3. The average Bonchev–Trinajstić information content (AvgIpc) is 3.41. The number of likely N-dealkylation sites (tertiary alicyclic amines) is 2. The van der Waals surface area contributed by atoms with Crippen molar-refractivity contribution in [1.29, 1.82) is 0 Å². The number of aliphatic hydroxyl groups excluding tert-OH is 1. The maximum Gasteiger partial charge on any atom is 0.194 e. The van der Waals surface area contributed by atoms with Crippen LogP contribution in [0, 0.1) is 0 Å². The number of benzene rings is 1. The monoisotopic (exact) mass is 390 g/mol. The number of rotatable bonds is 8. The Hall–Kier alpha value is -1.99. The summed E-state index contributed by atoms with van der Waals surface area (Å²) in [5.41, 5.74) is 1.07. The molecule has 0 amide bonds. The quantitative estimate of drug-likeness (QED) is 0.520. The molecule has 0 spiro atoms. The fourth-order valence-corrected chi connectivity index (χ4v) is 4.02. The third kappa shape index (κ3) is 5.29. The predicted molar refractivity (Wildman–Crippen MR) is 111 cm³/mol. The van der Waals surface area contributed by atoms with Gasteiger partial charge in [-0.2, -0.15) is 0 Å². The Labute approximate surface area is 168 Å². The minimum Gasteiger partial charge on any atom is -0.493 e. The summed E-state index contributed by atoms with van der Waals surface area (Å²) in [4.78, 5) is 9.90. The van der Waals surface area contributed by atoms with E-state index in [9.17, 15) is 0 Å². The van der Waals surface area contributed by atoms with Crippen molar-refractivity contribution in [3.05, 3.63) is 23.8 Å². The SMILES string of the molecule is CCNC(=NCc1ccc(OCCO)c(OC)c1)N1CCC(N2CCCC2)C1. The van der Waals surface area contributed by atoms with Gasteiger partial charge in [0.15, 0.2) is 17.5 Å². The molecule has 3 rings (SSSR count). The number of hydrogen-bond donors (Lipinski definition) is 2. The normalized spacial score (nSPS) is 20.6. The van der Waals surface area contributed by atoms with Crippen molar-refractivity contribution >= 4 is 5.96 Å². The zero-order valence-corrected chi connectivity index (χ0v) is 17.2. The summed E-state index contributed by atoms with van der Waals surface area (Å²) < 4.78 is 10.9. The van der Waals surface area contributed by atoms with Gasteiger partial charge >= 0.3 is 0 Å². The molecule has 2 aliphatic rings. The topological polar surface area (TPSA) is 69.6 Å². The highest BCUT2D eigenvalue weighted by atomic mass is 16.5. The fourth-order valence-electron chi connectivity index (χ4n) is 4.02. The Morgan fingerprint density at radius 3 is 2.79 bits per heavy atom. The van der Waals surface area contributed by atoms with Crippen molar-refractivity contribution < 1.29 is 14.6 Å². The van der Waals surface area contributed by atoms with Gasteiger partial charge in [0, 0.05) is 25.7 Å². The summed E-state index contributed by atoms with van der Waals surface area (Å²) in [6.45, 7) is 8.41. The molecule has 0 radical (unpaired) electrons. The van der Waals surface area contributed by atoms with Gasteiger partial charge in [0.25, 0.3) is 0 Å². The number of aliphatic imine (C=N–C) groups is 1. The molecule has 7 nitrogen and oxygen atoms in total. The molecule has 28 heavy (non-hydrogen) atoms. The lowest BCUT2D eigenvalue weighted by molar-refractivity contribution is 0.196. The van der Waals surface area contributed by atoms with Crippen LogP contribution in [-0.2, 0) is 6.54 Å². The molecule has 0 aromatic heterocycles. The Morgan fingerprint density at radius 1 is 1.25 bits per heavy atom. The van der Waals surface area contributed by atoms with Crippen LogP contribution < -0.4 is 14.8 Å². The van der Waals surface area contributed by atoms with E-state index >= 15 is 0 Å². The Balaban J connectivity index is 1.64. The van der Waals surface area contributed by atoms with Crippen molar-refractivity contribution in [2.75, 3.05) is 53.0 Å². The van der Waals surface area contributed by atoms with Crippen LogP contribution in [0.15, 0.2) is 23.2 Å². The first kappa shape index (κ1) is 20.7. The first-order chi connectivity index (χ1) is 13.7. The maximum atomic E-state index is 8.94. The predicted octanol–water partition coefficient (Wildman–Crippen LogP) is 1.70. The van der Waals surface area contributed by atoms with Crippen molar-refractivity contribution in [2.24, 2.45) is 4.99 Å². The Morgan fingerprint density at radius 2 is 2.07 bits per heavy atom. The van der Waals surface area contributed by atoms with E-state index in [1.54, 1.807) is 7.11 Å². The first-order valence-corrected chi connectivity index (χ1v) is 10.4. The highest BCUT2D eigenvalue weighted by Gasteiger charge is 2.30. The van der Waals surface area contributed by atoms with Gasteiger partial charge in [0.2, 0.25) is 0 Å². The van der Waals surface area contributed by atoms with Gasteiger partial charge in [-0.3, -0.25) is 4.90 Å². The molecule has 2 aliphatic heterocycles. The van der Waals surface area contributed by atoms with Gasteiger partial charge in [0.05, 0.1) is 20.3 Å². The van der Waals surface area contributed by atoms with Crippen LogP contribution in [0.4, 0.5) is 0 Å². The lowest BCUT2D eigenvalue weighted by Crippen LogP contribution is -2.42. The standard InChI is InChI=1S/C21H34N4O3/c1-3-22-21(25-11-8-18(16-25)24-9-4-5-10-24)23-15-17-6-7-19(28-13-12-26)20(14-17)27-2/h6-7,14,18,26H,3-5,8-13,15-16H2,1-2H3,(H,22,23). The first-order valence-electron chi connectivity index (χ1n) is 10.4. The van der Waals surface area contributed by atoms with Gasteiger partial charge in [-0.05, 0) is 57.0 Å². The van der Waals surface area contributed by atoms with Crippen molar-refractivity contribution in [1.82, 2.24) is 15.1 Å². The number of aliphatic hydroxyl groups is 1. The largest absolute Gasteiger partial charge is 0.493 e. The zero-order chi connectivity index (χ0) is 19.8. The summed E-state index contributed by atoms with van der Waals surface area (Å²) in [5.74, 6) is 2.30. The third-order valence-electron chi connectivity index (χ3n) is 5.44. The molecule has 1 aromatic carbocycles. The lowest BCUT2D eigenvalue weighted by Gasteiger charge is -2.25. The smallest absolute Gasteiger partial charge is 0.194 e. The summed E-state index contributed by atoms with van der Waals surface area (Å²) in [5, 5.41) is 12.4. The second-order valence-corrected chi connectivity index (χ2v) is 7.36. The Kier molecular flexibility index (Phi) is 7.80. The zero-order valence-electron chi connectivity index (χ0n) is 17.2. The Bertz CT molecular complexity index is 647. The minimum absolute atomic E-state index is 0.0183. The van der Waals surface area contributed by atoms with E-state index < -0.39 is 0 Å². The number of guanidine groups is 1. The second-order valence-electron chi connectivity index (χ2n) is 7.36. The number of hydrogen-bond acceptors (Lipinski definition) is 5. The molecule has 2 saturated heterocycles. The molecule has 7 heteroatoms. The van der Waals surface area contributed by atoms with Crippen LogP contribution >= 0.6 is 0 Å². The molecule has 2 fully saturated rings. The van der Waals surface area contributed by atoms with Crippen molar-refractivity contribution in [3.63, 3.8) is 0 Å². The van der Waals surface area contributed by atoms with Crippen LogP contribution in [0.25, 0.3) is 0 Å². The molecule has 1 atom stereocenters. The lowest BCUT2D eigenvalue weighted by atomic mass is 10.2. The minimum atomic E-state index is -0.0183. The van der Waals surface area contributed by atoms with Crippen molar-refractivity contribution in [2.45, 2.75) is 38.8 Å². The number of nitrogens with one attached hydrogen (secondary N) is 1. The number of methoxy groups -OCH3 is 1. The van der Waals surface area contributed by atoms with E-state index in [4.69, 9.17) is 19.6 Å². The highest BCUT2D eigenvalue weighted by Crippen LogP contribution is 2.28. The molecule has 2 N–H and O–H groups in total. The van der Waals surface area contributed by atoms with Gasteiger partial charge in [-0.1, -0.05) is 6.07 Å². The average molecular weight is 391 g/mol. The van der Waals surface area contributed by atoms with Gasteiger partial charge in [-0.25, -0.2) is 4.99 Å². The van der Waals surface area contributed by atoms with E-state index in [2.05, 4.69) is 22.0 Å². The summed E-state index contributed by atoms with van der Waals surface area (Å²) in [7, 11) is 1.63. The number of ether oxygens (including phenoxy) is 2. The fraction of sp³-hybridized carbons (Fsp3) is 0.667. The van der Waals surface area contributed by atoms with Crippen LogP contribution in [0.5, 0.6) is 11.5 Å². The van der Waals surface area contributed by atoms with Crippen LogP contribution in [0.1, 0.15) is 31.7 Å². The third-order valence-corrected chi connectivity index (χ3v) is 5.44. The molecule has 1 unspecified atom stereocenters. The molecule has 156 valence electrons. The summed E-state index contributed by atoms with van der Waals surface area (Å²) in [6.07, 6.45) is 3.89.